The Morgan fingerprint density at radius 3 is 2.60 bits per heavy atom. The number of methoxy groups -OCH3 is 1. The predicted molar refractivity (Wildman–Crippen MR) is 33.4 cm³/mol. The molecule has 0 saturated heterocycles. The molecule has 0 aliphatic carbocycles. The van der Waals surface area contributed by atoms with Gasteiger partial charge in [0.05, 0.1) is 6.61 Å². The van der Waals surface area contributed by atoms with Crippen molar-refractivity contribution in [3.8, 4) is 0 Å². The smallest absolute Gasteiger partial charge is 0.432 e. The van der Waals surface area contributed by atoms with E-state index in [2.05, 4.69) is 14.2 Å². The molecule has 0 radical (unpaired) electrons. The van der Waals surface area contributed by atoms with Crippen LogP contribution in [0, 0.1) is 0 Å². The normalized spacial score (nSPS) is 9.00. The summed E-state index contributed by atoms with van der Waals surface area (Å²) in [4.78, 5) is 10.3. The molecule has 0 aromatic heterocycles. The highest BCUT2D eigenvalue weighted by Gasteiger charge is 1.99. The minimum atomic E-state index is -0.764. The van der Waals surface area contributed by atoms with Gasteiger partial charge in [0.15, 0.2) is 0 Å². The Morgan fingerprint density at radius 2 is 2.10 bits per heavy atom. The van der Waals surface area contributed by atoms with Crippen LogP contribution in [-0.4, -0.2) is 33.2 Å². The quantitative estimate of drug-likeness (QED) is 0.337. The van der Waals surface area contributed by atoms with Gasteiger partial charge >= 0.3 is 6.16 Å². The first-order chi connectivity index (χ1) is 4.81. The molecular weight excluding hydrogens is 138 g/mol. The number of carbonyl (C=O) groups excluding carboxylic acids is 1. The first-order valence-corrected chi connectivity index (χ1v) is 2.79. The molecule has 0 heterocycles. The lowest BCUT2D eigenvalue weighted by molar-refractivity contribution is 0.0380. The van der Waals surface area contributed by atoms with Gasteiger partial charge in [-0.15, -0.1) is 0 Å². The maximum Gasteiger partial charge on any atom is 0.509 e. The first-order valence-electron chi connectivity index (χ1n) is 2.79. The molecule has 0 aliphatic rings. The van der Waals surface area contributed by atoms with E-state index < -0.39 is 6.16 Å². The summed E-state index contributed by atoms with van der Waals surface area (Å²) in [6, 6.07) is 0. The van der Waals surface area contributed by atoms with Crippen molar-refractivity contribution in [2.24, 2.45) is 5.73 Å². The standard InChI is InChI=1S/C5H11NO4/c1-8-2-3-9-5(7)10-4-6/h2-4,6H2,1H3. The largest absolute Gasteiger partial charge is 0.509 e. The van der Waals surface area contributed by atoms with Gasteiger partial charge in [0.25, 0.3) is 0 Å². The van der Waals surface area contributed by atoms with Crippen molar-refractivity contribution < 1.29 is 19.0 Å². The molecule has 0 saturated carbocycles. The van der Waals surface area contributed by atoms with Crippen LogP contribution < -0.4 is 5.73 Å². The van der Waals surface area contributed by atoms with Gasteiger partial charge in [-0.05, 0) is 0 Å². The summed E-state index contributed by atoms with van der Waals surface area (Å²) in [5.41, 5.74) is 4.88. The Balaban J connectivity index is 3.05. The van der Waals surface area contributed by atoms with Crippen molar-refractivity contribution >= 4 is 6.16 Å². The highest BCUT2D eigenvalue weighted by atomic mass is 16.7. The van der Waals surface area contributed by atoms with E-state index >= 15 is 0 Å². The first kappa shape index (κ1) is 9.19. The summed E-state index contributed by atoms with van der Waals surface area (Å²) in [6.45, 7) is 0.390. The lowest BCUT2D eigenvalue weighted by Gasteiger charge is -2.01. The second-order valence-electron chi connectivity index (χ2n) is 1.40. The van der Waals surface area contributed by atoms with Crippen molar-refractivity contribution in [3.63, 3.8) is 0 Å². The van der Waals surface area contributed by atoms with E-state index in [-0.39, 0.29) is 13.3 Å². The van der Waals surface area contributed by atoms with E-state index in [0.29, 0.717) is 6.61 Å². The summed E-state index contributed by atoms with van der Waals surface area (Å²) in [6.07, 6.45) is -0.764. The minimum Gasteiger partial charge on any atom is -0.432 e. The average Bonchev–Trinajstić information content (AvgIpc) is 1.89. The van der Waals surface area contributed by atoms with Crippen LogP contribution in [0.3, 0.4) is 0 Å². The molecule has 0 bridgehead atoms. The number of rotatable bonds is 4. The Hall–Kier alpha value is -0.810. The molecule has 0 atom stereocenters. The molecular formula is C5H11NO4. The lowest BCUT2D eigenvalue weighted by atomic mass is 10.8. The monoisotopic (exact) mass is 149 g/mol. The number of hydrogen-bond donors (Lipinski definition) is 1. The van der Waals surface area contributed by atoms with Gasteiger partial charge in [-0.1, -0.05) is 0 Å². The molecule has 0 aromatic rings. The van der Waals surface area contributed by atoms with Gasteiger partial charge in [-0.3, -0.25) is 5.73 Å². The van der Waals surface area contributed by atoms with E-state index in [1.165, 1.54) is 7.11 Å². The molecule has 0 spiro atoms. The third-order valence-electron chi connectivity index (χ3n) is 0.709. The molecule has 0 unspecified atom stereocenters. The molecule has 10 heavy (non-hydrogen) atoms. The van der Waals surface area contributed by atoms with Gasteiger partial charge in [0.1, 0.15) is 13.3 Å². The van der Waals surface area contributed by atoms with Crippen LogP contribution in [0.1, 0.15) is 0 Å². The van der Waals surface area contributed by atoms with Crippen LogP contribution in [0.4, 0.5) is 4.79 Å². The number of carbonyl (C=O) groups is 1. The van der Waals surface area contributed by atoms with Crippen molar-refractivity contribution in [2.75, 3.05) is 27.1 Å². The van der Waals surface area contributed by atoms with Gasteiger partial charge in [0, 0.05) is 7.11 Å². The van der Waals surface area contributed by atoms with E-state index in [4.69, 9.17) is 5.73 Å². The summed E-state index contributed by atoms with van der Waals surface area (Å²) in [7, 11) is 1.51. The zero-order chi connectivity index (χ0) is 7.82. The number of ether oxygens (including phenoxy) is 3. The summed E-state index contributed by atoms with van der Waals surface area (Å²) >= 11 is 0. The van der Waals surface area contributed by atoms with Crippen molar-refractivity contribution in [1.82, 2.24) is 0 Å². The van der Waals surface area contributed by atoms with Gasteiger partial charge < -0.3 is 14.2 Å². The predicted octanol–water partition coefficient (Wildman–Crippen LogP) is -0.298. The topological polar surface area (TPSA) is 70.8 Å². The highest BCUT2D eigenvalue weighted by molar-refractivity contribution is 5.59. The van der Waals surface area contributed by atoms with E-state index in [9.17, 15) is 4.79 Å². The second-order valence-corrected chi connectivity index (χ2v) is 1.40. The summed E-state index contributed by atoms with van der Waals surface area (Å²) < 4.78 is 13.3. The molecule has 0 amide bonds. The molecule has 0 aliphatic heterocycles. The van der Waals surface area contributed by atoms with Crippen LogP contribution in [-0.2, 0) is 14.2 Å². The lowest BCUT2D eigenvalue weighted by Crippen LogP contribution is -2.15. The Kier molecular flexibility index (Phi) is 5.80. The third-order valence-corrected chi connectivity index (χ3v) is 0.709. The maximum atomic E-state index is 10.3. The SMILES string of the molecule is COCCOC(=O)OCN. The molecule has 5 nitrogen and oxygen atoms in total. The zero-order valence-corrected chi connectivity index (χ0v) is 5.83. The van der Waals surface area contributed by atoms with Gasteiger partial charge in [-0.2, -0.15) is 0 Å². The summed E-state index contributed by atoms with van der Waals surface area (Å²) in [5.74, 6) is 0. The Morgan fingerprint density at radius 1 is 1.40 bits per heavy atom. The maximum absolute atomic E-state index is 10.3. The van der Waals surface area contributed by atoms with Crippen molar-refractivity contribution in [1.29, 1.82) is 0 Å². The van der Waals surface area contributed by atoms with Crippen molar-refractivity contribution in [2.45, 2.75) is 0 Å². The van der Waals surface area contributed by atoms with E-state index in [0.717, 1.165) is 0 Å². The fraction of sp³-hybridized carbons (Fsp3) is 0.800. The van der Waals surface area contributed by atoms with Gasteiger partial charge in [0.2, 0.25) is 0 Å². The minimum absolute atomic E-state index is 0.161. The highest BCUT2D eigenvalue weighted by Crippen LogP contribution is 1.82. The van der Waals surface area contributed by atoms with Crippen LogP contribution in [0.15, 0.2) is 0 Å². The molecule has 0 aromatic carbocycles. The Labute approximate surface area is 59.0 Å². The zero-order valence-electron chi connectivity index (χ0n) is 5.83. The van der Waals surface area contributed by atoms with Crippen LogP contribution >= 0.6 is 0 Å². The van der Waals surface area contributed by atoms with E-state index in [1.807, 2.05) is 0 Å². The molecule has 5 heteroatoms. The molecule has 2 N–H and O–H groups in total. The Bertz CT molecular complexity index is 95.6. The van der Waals surface area contributed by atoms with E-state index in [1.54, 1.807) is 0 Å². The van der Waals surface area contributed by atoms with Crippen LogP contribution in [0.25, 0.3) is 0 Å². The molecule has 0 fully saturated rings. The van der Waals surface area contributed by atoms with Crippen molar-refractivity contribution in [3.05, 3.63) is 0 Å². The molecule has 60 valence electrons. The average molecular weight is 149 g/mol. The van der Waals surface area contributed by atoms with Crippen LogP contribution in [0.2, 0.25) is 0 Å². The third kappa shape index (κ3) is 5.33. The van der Waals surface area contributed by atoms with Gasteiger partial charge in [-0.25, -0.2) is 4.79 Å². The fourth-order valence-electron chi connectivity index (χ4n) is 0.318. The second kappa shape index (κ2) is 6.31. The van der Waals surface area contributed by atoms with Crippen LogP contribution in [0.5, 0.6) is 0 Å². The fourth-order valence-corrected chi connectivity index (χ4v) is 0.318. The summed E-state index contributed by atoms with van der Waals surface area (Å²) in [5, 5.41) is 0. The number of hydrogen-bond acceptors (Lipinski definition) is 5. The number of nitrogens with two attached hydrogens (primary N) is 1. The molecule has 0 rings (SSSR count).